The first-order valence-corrected chi connectivity index (χ1v) is 5.59. The van der Waals surface area contributed by atoms with Crippen LogP contribution in [0.5, 0.6) is 5.88 Å². The van der Waals surface area contributed by atoms with Gasteiger partial charge in [0.25, 0.3) is 0 Å². The van der Waals surface area contributed by atoms with Gasteiger partial charge in [-0.05, 0) is 13.8 Å². The van der Waals surface area contributed by atoms with Crippen LogP contribution in [0.3, 0.4) is 0 Å². The molecule has 1 N–H and O–H groups in total. The quantitative estimate of drug-likeness (QED) is 0.770. The van der Waals surface area contributed by atoms with Crippen molar-refractivity contribution >= 4 is 11.8 Å². The first-order chi connectivity index (χ1) is 8.17. The highest BCUT2D eigenvalue weighted by atomic mass is 16.5. The number of hydrogen-bond donors (Lipinski definition) is 1. The number of carboxylic acids is 1. The molecule has 0 saturated heterocycles. The van der Waals surface area contributed by atoms with E-state index in [1.54, 1.807) is 6.07 Å². The van der Waals surface area contributed by atoms with Gasteiger partial charge in [-0.2, -0.15) is 0 Å². The van der Waals surface area contributed by atoms with Gasteiger partial charge < -0.3 is 14.7 Å². The van der Waals surface area contributed by atoms with E-state index in [9.17, 15) is 4.79 Å². The van der Waals surface area contributed by atoms with Crippen molar-refractivity contribution in [1.82, 2.24) is 9.97 Å². The molecule has 1 heterocycles. The number of ether oxygens (including phenoxy) is 1. The minimum Gasteiger partial charge on any atom is -0.481 e. The van der Waals surface area contributed by atoms with E-state index in [0.717, 1.165) is 0 Å². The number of hydrogen-bond acceptors (Lipinski definition) is 5. The minimum absolute atomic E-state index is 0.0851. The molecule has 1 aromatic rings. The summed E-state index contributed by atoms with van der Waals surface area (Å²) in [7, 11) is 0. The maximum absolute atomic E-state index is 10.5. The Hall–Kier alpha value is -1.85. The topological polar surface area (TPSA) is 75.5 Å². The predicted molar refractivity (Wildman–Crippen MR) is 63.3 cm³/mol. The molecule has 0 spiro atoms. The number of rotatable bonds is 7. The zero-order valence-electron chi connectivity index (χ0n) is 10.1. The smallest absolute Gasteiger partial charge is 0.305 e. The number of carbonyl (C=O) groups is 1. The average molecular weight is 239 g/mol. The van der Waals surface area contributed by atoms with Gasteiger partial charge in [-0.1, -0.05) is 0 Å². The second kappa shape index (κ2) is 6.67. The van der Waals surface area contributed by atoms with Crippen molar-refractivity contribution in [3.05, 3.63) is 12.4 Å². The van der Waals surface area contributed by atoms with E-state index in [2.05, 4.69) is 9.97 Å². The fourth-order valence-electron chi connectivity index (χ4n) is 1.39. The molecule has 0 aliphatic heterocycles. The third-order valence-electron chi connectivity index (χ3n) is 2.22. The summed E-state index contributed by atoms with van der Waals surface area (Å²) in [4.78, 5) is 20.5. The SMILES string of the molecule is CCOc1cc(N(CC)CCC(=O)O)ncn1. The van der Waals surface area contributed by atoms with Crippen LogP contribution >= 0.6 is 0 Å². The van der Waals surface area contributed by atoms with Gasteiger partial charge in [0.15, 0.2) is 0 Å². The Labute approximate surface area is 100 Å². The van der Waals surface area contributed by atoms with E-state index in [1.807, 2.05) is 18.7 Å². The number of aromatic nitrogens is 2. The van der Waals surface area contributed by atoms with Crippen LogP contribution in [0, 0.1) is 0 Å². The summed E-state index contributed by atoms with van der Waals surface area (Å²) in [5, 5.41) is 8.66. The van der Waals surface area contributed by atoms with Crippen molar-refractivity contribution in [2.45, 2.75) is 20.3 Å². The summed E-state index contributed by atoms with van der Waals surface area (Å²) in [6.07, 6.45) is 1.51. The number of carboxylic acid groups (broad SMARTS) is 1. The molecule has 94 valence electrons. The maximum Gasteiger partial charge on any atom is 0.305 e. The van der Waals surface area contributed by atoms with Crippen molar-refractivity contribution in [2.75, 3.05) is 24.6 Å². The third-order valence-corrected chi connectivity index (χ3v) is 2.22. The molecule has 0 unspecified atom stereocenters. The first kappa shape index (κ1) is 13.2. The van der Waals surface area contributed by atoms with Crippen molar-refractivity contribution in [3.8, 4) is 5.88 Å². The molecular weight excluding hydrogens is 222 g/mol. The van der Waals surface area contributed by atoms with Crippen molar-refractivity contribution in [2.24, 2.45) is 0 Å². The molecule has 1 aromatic heterocycles. The van der Waals surface area contributed by atoms with Crippen LogP contribution in [0.15, 0.2) is 12.4 Å². The van der Waals surface area contributed by atoms with Gasteiger partial charge >= 0.3 is 5.97 Å². The van der Waals surface area contributed by atoms with E-state index in [0.29, 0.717) is 31.4 Å². The number of nitrogens with zero attached hydrogens (tertiary/aromatic N) is 3. The normalized spacial score (nSPS) is 10.0. The van der Waals surface area contributed by atoms with Crippen LogP contribution < -0.4 is 9.64 Å². The summed E-state index contributed by atoms with van der Waals surface area (Å²) >= 11 is 0. The van der Waals surface area contributed by atoms with Crippen molar-refractivity contribution < 1.29 is 14.6 Å². The number of anilines is 1. The van der Waals surface area contributed by atoms with E-state index in [4.69, 9.17) is 9.84 Å². The van der Waals surface area contributed by atoms with Crippen LogP contribution in [-0.2, 0) is 4.79 Å². The Balaban J connectivity index is 2.73. The highest BCUT2D eigenvalue weighted by molar-refractivity contribution is 5.67. The van der Waals surface area contributed by atoms with Crippen molar-refractivity contribution in [3.63, 3.8) is 0 Å². The standard InChI is InChI=1S/C11H17N3O3/c1-3-14(6-5-11(15)16)9-7-10(17-4-2)13-8-12-9/h7-8H,3-6H2,1-2H3,(H,15,16). The number of aliphatic carboxylic acids is 1. The predicted octanol–water partition coefficient (Wildman–Crippen LogP) is 1.18. The van der Waals surface area contributed by atoms with Crippen LogP contribution in [0.1, 0.15) is 20.3 Å². The lowest BCUT2D eigenvalue weighted by Crippen LogP contribution is -2.26. The van der Waals surface area contributed by atoms with Gasteiger partial charge in [-0.15, -0.1) is 0 Å². The lowest BCUT2D eigenvalue weighted by atomic mass is 10.3. The molecule has 17 heavy (non-hydrogen) atoms. The Morgan fingerprint density at radius 3 is 2.82 bits per heavy atom. The molecule has 0 aliphatic carbocycles. The molecule has 0 aliphatic rings. The molecule has 1 rings (SSSR count). The highest BCUT2D eigenvalue weighted by Gasteiger charge is 2.09. The van der Waals surface area contributed by atoms with Gasteiger partial charge in [-0.3, -0.25) is 4.79 Å². The van der Waals surface area contributed by atoms with E-state index < -0.39 is 5.97 Å². The second-order valence-electron chi connectivity index (χ2n) is 3.37. The fraction of sp³-hybridized carbons (Fsp3) is 0.545. The molecule has 0 radical (unpaired) electrons. The zero-order chi connectivity index (χ0) is 12.7. The summed E-state index contributed by atoms with van der Waals surface area (Å²) in [6, 6.07) is 1.72. The zero-order valence-corrected chi connectivity index (χ0v) is 10.1. The van der Waals surface area contributed by atoms with Crippen molar-refractivity contribution in [1.29, 1.82) is 0 Å². The Kier molecular flexibility index (Phi) is 5.19. The summed E-state index contributed by atoms with van der Waals surface area (Å²) in [5.74, 6) is 0.376. The van der Waals surface area contributed by atoms with Gasteiger partial charge in [0, 0.05) is 19.2 Å². The first-order valence-electron chi connectivity index (χ1n) is 5.59. The van der Waals surface area contributed by atoms with Crippen LogP contribution in [0.2, 0.25) is 0 Å². The lowest BCUT2D eigenvalue weighted by molar-refractivity contribution is -0.136. The lowest BCUT2D eigenvalue weighted by Gasteiger charge is -2.20. The van der Waals surface area contributed by atoms with E-state index >= 15 is 0 Å². The monoisotopic (exact) mass is 239 g/mol. The van der Waals surface area contributed by atoms with E-state index in [-0.39, 0.29) is 6.42 Å². The summed E-state index contributed by atoms with van der Waals surface area (Å²) in [5.41, 5.74) is 0. The molecule has 0 atom stereocenters. The Bertz CT molecular complexity index is 371. The van der Waals surface area contributed by atoms with Gasteiger partial charge in [-0.25, -0.2) is 9.97 Å². The van der Waals surface area contributed by atoms with Crippen LogP contribution in [0.4, 0.5) is 5.82 Å². The van der Waals surface area contributed by atoms with Gasteiger partial charge in [0.05, 0.1) is 13.0 Å². The largest absolute Gasteiger partial charge is 0.481 e. The highest BCUT2D eigenvalue weighted by Crippen LogP contribution is 2.15. The van der Waals surface area contributed by atoms with Crippen LogP contribution in [0.25, 0.3) is 0 Å². The summed E-state index contributed by atoms with van der Waals surface area (Å²) in [6.45, 7) is 5.48. The fourth-order valence-corrected chi connectivity index (χ4v) is 1.39. The molecule has 0 amide bonds. The minimum atomic E-state index is -0.817. The molecule has 6 nitrogen and oxygen atoms in total. The van der Waals surface area contributed by atoms with Crippen LogP contribution in [-0.4, -0.2) is 40.7 Å². The second-order valence-corrected chi connectivity index (χ2v) is 3.37. The molecule has 6 heteroatoms. The Morgan fingerprint density at radius 1 is 1.47 bits per heavy atom. The molecule has 0 aromatic carbocycles. The van der Waals surface area contributed by atoms with Gasteiger partial charge in [0.2, 0.25) is 5.88 Å². The maximum atomic E-state index is 10.5. The molecular formula is C11H17N3O3. The Morgan fingerprint density at radius 2 is 2.24 bits per heavy atom. The molecule has 0 bridgehead atoms. The molecule has 0 saturated carbocycles. The van der Waals surface area contributed by atoms with E-state index in [1.165, 1.54) is 6.33 Å². The van der Waals surface area contributed by atoms with Gasteiger partial charge in [0.1, 0.15) is 12.1 Å². The average Bonchev–Trinajstić information content (AvgIpc) is 2.30. The third kappa shape index (κ3) is 4.26. The summed E-state index contributed by atoms with van der Waals surface area (Å²) < 4.78 is 5.27. The molecule has 0 fully saturated rings.